The van der Waals surface area contributed by atoms with Crippen LogP contribution in [0.1, 0.15) is 45.4 Å². The van der Waals surface area contributed by atoms with Gasteiger partial charge >= 0.3 is 0 Å². The van der Waals surface area contributed by atoms with E-state index >= 15 is 0 Å². The summed E-state index contributed by atoms with van der Waals surface area (Å²) in [5.74, 6) is 0.262. The summed E-state index contributed by atoms with van der Waals surface area (Å²) in [6.07, 6.45) is 2.48. The molecule has 0 unspecified atom stereocenters. The fraction of sp³-hybridized carbons (Fsp3) is 0.688. The van der Waals surface area contributed by atoms with E-state index in [1.54, 1.807) is 11.3 Å². The lowest BCUT2D eigenvalue weighted by Crippen LogP contribution is -2.47. The molecule has 0 aromatic carbocycles. The van der Waals surface area contributed by atoms with Gasteiger partial charge in [-0.2, -0.15) is 0 Å². The summed E-state index contributed by atoms with van der Waals surface area (Å²) in [6, 6.07) is 5.40. The standard InChI is InChI=1S/C16H26N2OS/c1-12(2)18(13(3)4)16(19)11-17(14-7-8-14)10-15-6-5-9-20-15/h5-6,9,12-14H,7-8,10-11H2,1-4H3. The molecule has 0 atom stereocenters. The van der Waals surface area contributed by atoms with Crippen molar-refractivity contribution in [2.24, 2.45) is 0 Å². The minimum atomic E-state index is 0.262. The molecule has 0 spiro atoms. The van der Waals surface area contributed by atoms with Gasteiger partial charge in [-0.3, -0.25) is 9.69 Å². The number of carbonyl (C=O) groups excluding carboxylic acids is 1. The molecule has 4 heteroatoms. The van der Waals surface area contributed by atoms with Crippen molar-refractivity contribution in [2.45, 2.75) is 65.2 Å². The minimum absolute atomic E-state index is 0.262. The Balaban J connectivity index is 1.98. The van der Waals surface area contributed by atoms with Crippen molar-refractivity contribution < 1.29 is 4.79 Å². The van der Waals surface area contributed by atoms with Gasteiger partial charge in [-0.1, -0.05) is 6.07 Å². The zero-order valence-electron chi connectivity index (χ0n) is 13.0. The van der Waals surface area contributed by atoms with Gasteiger partial charge in [-0.05, 0) is 52.0 Å². The highest BCUT2D eigenvalue weighted by Gasteiger charge is 2.32. The molecular formula is C16H26N2OS. The van der Waals surface area contributed by atoms with Crippen LogP contribution >= 0.6 is 11.3 Å². The van der Waals surface area contributed by atoms with Crippen LogP contribution in [0.25, 0.3) is 0 Å². The lowest BCUT2D eigenvalue weighted by Gasteiger charge is -2.33. The molecule has 20 heavy (non-hydrogen) atoms. The number of rotatable bonds is 7. The van der Waals surface area contributed by atoms with Gasteiger partial charge in [0.1, 0.15) is 0 Å². The average Bonchev–Trinajstić information content (AvgIpc) is 3.06. The van der Waals surface area contributed by atoms with Crippen molar-refractivity contribution in [3.05, 3.63) is 22.4 Å². The number of thiophene rings is 1. The quantitative estimate of drug-likeness (QED) is 0.770. The first-order valence-electron chi connectivity index (χ1n) is 7.56. The van der Waals surface area contributed by atoms with Crippen LogP contribution in [0.15, 0.2) is 17.5 Å². The maximum atomic E-state index is 12.6. The van der Waals surface area contributed by atoms with Gasteiger partial charge in [0.25, 0.3) is 0 Å². The molecule has 0 N–H and O–H groups in total. The van der Waals surface area contributed by atoms with E-state index in [-0.39, 0.29) is 18.0 Å². The van der Waals surface area contributed by atoms with Gasteiger partial charge in [0.15, 0.2) is 0 Å². The molecule has 2 rings (SSSR count). The molecule has 0 bridgehead atoms. The first-order valence-corrected chi connectivity index (χ1v) is 8.44. The molecule has 0 aliphatic heterocycles. The van der Waals surface area contributed by atoms with Crippen LogP contribution in [-0.2, 0) is 11.3 Å². The van der Waals surface area contributed by atoms with Crippen molar-refractivity contribution in [1.29, 1.82) is 0 Å². The van der Waals surface area contributed by atoms with E-state index in [1.807, 2.05) is 4.90 Å². The van der Waals surface area contributed by atoms with Crippen molar-refractivity contribution in [3.8, 4) is 0 Å². The Hall–Kier alpha value is -0.870. The normalized spacial score (nSPS) is 15.3. The number of hydrogen-bond donors (Lipinski definition) is 0. The number of carbonyl (C=O) groups is 1. The highest BCUT2D eigenvalue weighted by molar-refractivity contribution is 7.09. The summed E-state index contributed by atoms with van der Waals surface area (Å²) in [7, 11) is 0. The largest absolute Gasteiger partial charge is 0.337 e. The van der Waals surface area contributed by atoms with Gasteiger partial charge in [0.05, 0.1) is 6.54 Å². The highest BCUT2D eigenvalue weighted by atomic mass is 32.1. The minimum Gasteiger partial charge on any atom is -0.337 e. The van der Waals surface area contributed by atoms with Crippen LogP contribution in [0.2, 0.25) is 0 Å². The number of nitrogens with zero attached hydrogens (tertiary/aromatic N) is 2. The third-order valence-corrected chi connectivity index (χ3v) is 4.60. The summed E-state index contributed by atoms with van der Waals surface area (Å²) in [5.41, 5.74) is 0. The third kappa shape index (κ3) is 4.06. The second kappa shape index (κ2) is 6.72. The molecule has 0 saturated heterocycles. The fourth-order valence-electron chi connectivity index (χ4n) is 2.78. The zero-order valence-corrected chi connectivity index (χ0v) is 13.8. The highest BCUT2D eigenvalue weighted by Crippen LogP contribution is 2.29. The Labute approximate surface area is 126 Å². The number of hydrogen-bond acceptors (Lipinski definition) is 3. The molecule has 1 aliphatic carbocycles. The Bertz CT molecular complexity index is 416. The van der Waals surface area contributed by atoms with E-state index in [4.69, 9.17) is 0 Å². The topological polar surface area (TPSA) is 23.6 Å². The van der Waals surface area contributed by atoms with E-state index in [0.717, 1.165) is 6.54 Å². The van der Waals surface area contributed by atoms with Gasteiger partial charge in [-0.25, -0.2) is 0 Å². The average molecular weight is 294 g/mol. The smallest absolute Gasteiger partial charge is 0.237 e. The predicted molar refractivity (Wildman–Crippen MR) is 84.9 cm³/mol. The third-order valence-electron chi connectivity index (χ3n) is 3.74. The molecule has 1 aliphatic rings. The summed E-state index contributed by atoms with van der Waals surface area (Å²) >= 11 is 1.78. The Kier molecular flexibility index (Phi) is 5.22. The lowest BCUT2D eigenvalue weighted by molar-refractivity contribution is -0.136. The van der Waals surface area contributed by atoms with Crippen LogP contribution in [0.5, 0.6) is 0 Å². The summed E-state index contributed by atoms with van der Waals surface area (Å²) in [4.78, 5) is 18.3. The maximum absolute atomic E-state index is 12.6. The molecule has 1 aromatic heterocycles. The van der Waals surface area contributed by atoms with Crippen molar-refractivity contribution in [3.63, 3.8) is 0 Å². The van der Waals surface area contributed by atoms with Gasteiger partial charge in [0, 0.05) is 29.5 Å². The van der Waals surface area contributed by atoms with E-state index < -0.39 is 0 Å². The zero-order chi connectivity index (χ0) is 14.7. The summed E-state index contributed by atoms with van der Waals surface area (Å²) in [5, 5.41) is 2.11. The van der Waals surface area contributed by atoms with Crippen molar-refractivity contribution >= 4 is 17.2 Å². The van der Waals surface area contributed by atoms with E-state index in [0.29, 0.717) is 12.6 Å². The van der Waals surface area contributed by atoms with Crippen LogP contribution in [-0.4, -0.2) is 40.4 Å². The number of amides is 1. The monoisotopic (exact) mass is 294 g/mol. The summed E-state index contributed by atoms with van der Waals surface area (Å²) in [6.45, 7) is 9.85. The van der Waals surface area contributed by atoms with Crippen LogP contribution < -0.4 is 0 Å². The van der Waals surface area contributed by atoms with Crippen LogP contribution in [0, 0.1) is 0 Å². The maximum Gasteiger partial charge on any atom is 0.237 e. The lowest BCUT2D eigenvalue weighted by atomic mass is 10.2. The molecule has 112 valence electrons. The van der Waals surface area contributed by atoms with Gasteiger partial charge in [-0.15, -0.1) is 11.3 Å². The fourth-order valence-corrected chi connectivity index (χ4v) is 3.51. The van der Waals surface area contributed by atoms with Crippen LogP contribution in [0.4, 0.5) is 0 Å². The molecule has 1 heterocycles. The molecule has 3 nitrogen and oxygen atoms in total. The molecule has 1 amide bonds. The predicted octanol–water partition coefficient (Wildman–Crippen LogP) is 3.36. The SMILES string of the molecule is CC(C)N(C(=O)CN(Cc1cccs1)C1CC1)C(C)C. The van der Waals surface area contributed by atoms with Gasteiger partial charge in [0.2, 0.25) is 5.91 Å². The van der Waals surface area contributed by atoms with E-state index in [2.05, 4.69) is 50.1 Å². The van der Waals surface area contributed by atoms with E-state index in [9.17, 15) is 4.79 Å². The van der Waals surface area contributed by atoms with Crippen molar-refractivity contribution in [2.75, 3.05) is 6.54 Å². The molecule has 1 saturated carbocycles. The van der Waals surface area contributed by atoms with Crippen molar-refractivity contribution in [1.82, 2.24) is 9.80 Å². The van der Waals surface area contributed by atoms with E-state index in [1.165, 1.54) is 17.7 Å². The first kappa shape index (κ1) is 15.5. The second-order valence-electron chi connectivity index (χ2n) is 6.20. The van der Waals surface area contributed by atoms with Gasteiger partial charge < -0.3 is 4.90 Å². The Morgan fingerprint density at radius 1 is 1.30 bits per heavy atom. The Morgan fingerprint density at radius 2 is 1.95 bits per heavy atom. The molecule has 1 aromatic rings. The summed E-state index contributed by atoms with van der Waals surface area (Å²) < 4.78 is 0. The second-order valence-corrected chi connectivity index (χ2v) is 7.24. The molecule has 1 fully saturated rings. The van der Waals surface area contributed by atoms with Crippen LogP contribution in [0.3, 0.4) is 0 Å². The molecule has 0 radical (unpaired) electrons. The first-order chi connectivity index (χ1) is 9.49. The Morgan fingerprint density at radius 3 is 2.40 bits per heavy atom. The molecular weight excluding hydrogens is 268 g/mol.